The molecule has 59 heavy (non-hydrogen) atoms. The monoisotopic (exact) mass is 833 g/mol. The molecule has 0 aliphatic rings. The van der Waals surface area contributed by atoms with Gasteiger partial charge < -0.3 is 40.4 Å². The number of aromatic nitrogens is 1. The van der Waals surface area contributed by atoms with Crippen molar-refractivity contribution in [1.29, 1.82) is 0 Å². The zero-order valence-corrected chi connectivity index (χ0v) is 33.4. The normalized spacial score (nSPS) is 13.8. The van der Waals surface area contributed by atoms with E-state index in [1.54, 1.807) is 86.6 Å². The van der Waals surface area contributed by atoms with Gasteiger partial charge in [0, 0.05) is 23.5 Å². The Morgan fingerprint density at radius 3 is 1.93 bits per heavy atom. The number of hydrogen-bond donors (Lipinski definition) is 6. The molecule has 1 aromatic heterocycles. The van der Waals surface area contributed by atoms with Crippen LogP contribution in [0.2, 0.25) is 0 Å². The van der Waals surface area contributed by atoms with E-state index in [1.807, 2.05) is 12.1 Å². The first kappa shape index (κ1) is 45.1. The Bertz CT molecular complexity index is 2210. The minimum Gasteiger partial charge on any atom is -0.481 e. The molecule has 4 amide bonds. The second kappa shape index (κ2) is 21.3. The summed E-state index contributed by atoms with van der Waals surface area (Å²) in [5, 5.41) is 29.9. The molecule has 0 spiro atoms. The van der Waals surface area contributed by atoms with Gasteiger partial charge in [0.1, 0.15) is 30.5 Å². The fraction of sp³-hybridized carbons (Fsp3) is 0.341. The number of hydrogen-bond acceptors (Lipinski definition) is 11. The summed E-state index contributed by atoms with van der Waals surface area (Å²) in [5.74, 6) is -7.76. The van der Waals surface area contributed by atoms with E-state index in [2.05, 4.69) is 26.3 Å². The van der Waals surface area contributed by atoms with Crippen LogP contribution in [-0.4, -0.2) is 89.3 Å². The minimum absolute atomic E-state index is 0.0506. The number of pyridine rings is 1. The molecular formula is C41H47N5O12S. The average Bonchev–Trinajstić information content (AvgIpc) is 3.18. The highest BCUT2D eigenvalue weighted by Crippen LogP contribution is 2.18. The van der Waals surface area contributed by atoms with Crippen LogP contribution in [0.15, 0.2) is 97.1 Å². The molecule has 4 aromatic rings. The van der Waals surface area contributed by atoms with E-state index in [0.717, 1.165) is 5.39 Å². The average molecular weight is 834 g/mol. The topological polar surface area (TPSA) is 256 Å². The van der Waals surface area contributed by atoms with Gasteiger partial charge >= 0.3 is 28.1 Å². The molecule has 1 unspecified atom stereocenters. The van der Waals surface area contributed by atoms with Gasteiger partial charge in [0.25, 0.3) is 0 Å². The SMILES string of the molecule is CC(CS(=O)(=O)Oc1ccccc1)[C@H](CC(=O)O)NC(=O)[C@@H](NC(=O)[C@H](Cc1ccc2ccccc2n1)NC(=O)[C@H](CC(=O)O)NC(=O)OCc1ccccc1)C(C)C. The maximum Gasteiger partial charge on any atom is 0.408 e. The van der Waals surface area contributed by atoms with Gasteiger partial charge in [0.2, 0.25) is 17.7 Å². The van der Waals surface area contributed by atoms with E-state index in [0.29, 0.717) is 16.8 Å². The maximum absolute atomic E-state index is 14.1. The van der Waals surface area contributed by atoms with Crippen molar-refractivity contribution in [3.05, 3.63) is 108 Å². The standard InChI is InChI=1S/C41H47N5O12S/c1-25(2)37(40(53)43-32(21-35(47)48)26(3)24-59(55,56)58-30-15-8-5-9-16-30)46-39(52)33(20-29-19-18-28-14-10-11-17-31(28)42-29)44-38(51)34(22-36(49)50)45-41(54)57-23-27-12-6-4-7-13-27/h4-19,25-26,32-34,37H,20-24H2,1-3H3,(H,43,53)(H,44,51)(H,45,54)(H,46,52)(H,47,48)(H,49,50)/t26?,32-,33-,34-,37-/m0/s1. The van der Waals surface area contributed by atoms with E-state index < -0.39 is 100 Å². The number of benzene rings is 3. The van der Waals surface area contributed by atoms with Crippen LogP contribution in [0, 0.1) is 11.8 Å². The summed E-state index contributed by atoms with van der Waals surface area (Å²) in [6, 6.07) is 21.1. The Morgan fingerprint density at radius 2 is 1.29 bits per heavy atom. The zero-order valence-electron chi connectivity index (χ0n) is 32.6. The highest BCUT2D eigenvalue weighted by atomic mass is 32.2. The number of nitrogens with zero attached hydrogens (tertiary/aromatic N) is 1. The number of rotatable bonds is 21. The molecule has 0 aliphatic carbocycles. The van der Waals surface area contributed by atoms with Crippen molar-refractivity contribution >= 4 is 56.8 Å². The first-order valence-electron chi connectivity index (χ1n) is 18.6. The number of nitrogens with one attached hydrogen (secondary N) is 4. The molecule has 4 rings (SSSR count). The Kier molecular flexibility index (Phi) is 16.3. The summed E-state index contributed by atoms with van der Waals surface area (Å²) < 4.78 is 36.1. The number of alkyl carbamates (subject to hydrolysis) is 1. The molecule has 5 atom stereocenters. The van der Waals surface area contributed by atoms with Crippen molar-refractivity contribution in [2.45, 2.75) is 70.8 Å². The van der Waals surface area contributed by atoms with Crippen LogP contribution in [0.3, 0.4) is 0 Å². The van der Waals surface area contributed by atoms with Crippen molar-refractivity contribution in [2.24, 2.45) is 11.8 Å². The molecule has 314 valence electrons. The Hall–Kier alpha value is -6.56. The predicted octanol–water partition coefficient (Wildman–Crippen LogP) is 3.18. The van der Waals surface area contributed by atoms with Gasteiger partial charge in [-0.2, -0.15) is 8.42 Å². The largest absolute Gasteiger partial charge is 0.481 e. The van der Waals surface area contributed by atoms with Crippen LogP contribution >= 0.6 is 0 Å². The molecule has 0 radical (unpaired) electrons. The second-order valence-electron chi connectivity index (χ2n) is 14.2. The summed E-state index contributed by atoms with van der Waals surface area (Å²) in [6.07, 6.45) is -2.87. The van der Waals surface area contributed by atoms with Gasteiger partial charge in [-0.3, -0.25) is 29.0 Å². The fourth-order valence-corrected chi connectivity index (χ4v) is 7.29. The fourth-order valence-electron chi connectivity index (χ4n) is 5.94. The lowest BCUT2D eigenvalue weighted by Gasteiger charge is -2.29. The third-order valence-electron chi connectivity index (χ3n) is 8.99. The van der Waals surface area contributed by atoms with Gasteiger partial charge in [0.15, 0.2) is 0 Å². The Morgan fingerprint density at radius 1 is 0.678 bits per heavy atom. The number of aliphatic carboxylic acids is 2. The molecule has 18 heteroatoms. The zero-order chi connectivity index (χ0) is 43.1. The van der Waals surface area contributed by atoms with Crippen molar-refractivity contribution in [3.63, 3.8) is 0 Å². The highest BCUT2D eigenvalue weighted by molar-refractivity contribution is 7.87. The van der Waals surface area contributed by atoms with Crippen LogP contribution in [0.5, 0.6) is 5.75 Å². The van der Waals surface area contributed by atoms with Gasteiger partial charge in [-0.05, 0) is 41.7 Å². The predicted molar refractivity (Wildman–Crippen MR) is 214 cm³/mol. The quantitative estimate of drug-likeness (QED) is 0.0661. The summed E-state index contributed by atoms with van der Waals surface area (Å²) in [7, 11) is -4.24. The lowest BCUT2D eigenvalue weighted by atomic mass is 9.97. The van der Waals surface area contributed by atoms with Crippen LogP contribution in [-0.2, 0) is 51.9 Å². The third-order valence-corrected chi connectivity index (χ3v) is 10.4. The molecule has 0 saturated carbocycles. The van der Waals surface area contributed by atoms with Gasteiger partial charge in [-0.25, -0.2) is 4.79 Å². The number of fused-ring (bicyclic) bond motifs is 1. The molecule has 17 nitrogen and oxygen atoms in total. The van der Waals surface area contributed by atoms with E-state index >= 15 is 0 Å². The van der Waals surface area contributed by atoms with E-state index in [-0.39, 0.29) is 18.8 Å². The summed E-state index contributed by atoms with van der Waals surface area (Å²) in [4.78, 5) is 82.5. The molecule has 6 N–H and O–H groups in total. The number of carboxylic acids is 2. The first-order chi connectivity index (χ1) is 28.0. The summed E-state index contributed by atoms with van der Waals surface area (Å²) >= 11 is 0. The number of ether oxygens (including phenoxy) is 1. The molecular weight excluding hydrogens is 787 g/mol. The summed E-state index contributed by atoms with van der Waals surface area (Å²) in [6.45, 7) is 4.47. The summed E-state index contributed by atoms with van der Waals surface area (Å²) in [5.41, 5.74) is 1.56. The van der Waals surface area contributed by atoms with E-state index in [9.17, 15) is 47.4 Å². The van der Waals surface area contributed by atoms with Crippen molar-refractivity contribution in [2.75, 3.05) is 5.75 Å². The van der Waals surface area contributed by atoms with Crippen LogP contribution in [0.25, 0.3) is 10.9 Å². The second-order valence-corrected chi connectivity index (χ2v) is 15.8. The number of carbonyl (C=O) groups is 6. The van der Waals surface area contributed by atoms with Crippen LogP contribution in [0.4, 0.5) is 4.79 Å². The highest BCUT2D eigenvalue weighted by Gasteiger charge is 2.35. The van der Waals surface area contributed by atoms with Gasteiger partial charge in [-0.1, -0.05) is 93.6 Å². The number of carbonyl (C=O) groups excluding carboxylic acids is 4. The lowest BCUT2D eigenvalue weighted by Crippen LogP contribution is -2.59. The molecule has 0 fully saturated rings. The van der Waals surface area contributed by atoms with Crippen LogP contribution < -0.4 is 25.5 Å². The van der Waals surface area contributed by atoms with Gasteiger partial charge in [-0.15, -0.1) is 0 Å². The molecule has 0 saturated heterocycles. The Labute approximate surface area is 341 Å². The number of para-hydroxylation sites is 2. The molecule has 0 bridgehead atoms. The molecule has 3 aromatic carbocycles. The number of carboxylic acid groups (broad SMARTS) is 2. The molecule has 1 heterocycles. The smallest absolute Gasteiger partial charge is 0.408 e. The van der Waals surface area contributed by atoms with Crippen molar-refractivity contribution < 1.29 is 56.3 Å². The van der Waals surface area contributed by atoms with E-state index in [1.165, 1.54) is 19.1 Å². The lowest BCUT2D eigenvalue weighted by molar-refractivity contribution is -0.140. The minimum atomic E-state index is -4.24. The first-order valence-corrected chi connectivity index (χ1v) is 20.2. The van der Waals surface area contributed by atoms with Crippen LogP contribution in [0.1, 0.15) is 44.9 Å². The van der Waals surface area contributed by atoms with Crippen molar-refractivity contribution in [3.8, 4) is 5.75 Å². The number of amides is 4. The Balaban J connectivity index is 1.55. The van der Waals surface area contributed by atoms with Crippen molar-refractivity contribution in [1.82, 2.24) is 26.3 Å². The molecule has 0 aliphatic heterocycles. The van der Waals surface area contributed by atoms with Gasteiger partial charge in [0.05, 0.1) is 24.1 Å². The third kappa shape index (κ3) is 14.7. The maximum atomic E-state index is 14.1. The van der Waals surface area contributed by atoms with E-state index in [4.69, 9.17) is 8.92 Å².